The van der Waals surface area contributed by atoms with E-state index in [2.05, 4.69) is 11.0 Å². The lowest BCUT2D eigenvalue weighted by molar-refractivity contribution is -0.137. The topological polar surface area (TPSA) is 12.5 Å². The first kappa shape index (κ1) is 15.9. The number of hydrogen-bond donors (Lipinski definition) is 0. The van der Waals surface area contributed by atoms with E-state index in [4.69, 9.17) is 4.74 Å². The molecule has 1 heterocycles. The summed E-state index contributed by atoms with van der Waals surface area (Å²) in [7, 11) is 1.99. The fourth-order valence-corrected chi connectivity index (χ4v) is 2.87. The van der Waals surface area contributed by atoms with Crippen LogP contribution in [-0.4, -0.2) is 25.0 Å². The SMILES string of the molecule is CN1CCc2ccccc2C(Oc2cccc(C(F)(F)F)c2)C1. The van der Waals surface area contributed by atoms with Gasteiger partial charge in [0, 0.05) is 13.1 Å². The number of fused-ring (bicyclic) bond motifs is 1. The van der Waals surface area contributed by atoms with Crippen LogP contribution in [0.25, 0.3) is 0 Å². The molecule has 1 aliphatic heterocycles. The molecule has 1 aliphatic rings. The summed E-state index contributed by atoms with van der Waals surface area (Å²) in [6.07, 6.45) is -3.73. The van der Waals surface area contributed by atoms with Crippen LogP contribution in [0.5, 0.6) is 5.75 Å². The lowest BCUT2D eigenvalue weighted by Gasteiger charge is -2.23. The molecule has 1 atom stereocenters. The molecule has 5 heteroatoms. The van der Waals surface area contributed by atoms with Gasteiger partial charge in [-0.2, -0.15) is 13.2 Å². The molecule has 2 nitrogen and oxygen atoms in total. The van der Waals surface area contributed by atoms with E-state index >= 15 is 0 Å². The van der Waals surface area contributed by atoms with Gasteiger partial charge < -0.3 is 9.64 Å². The van der Waals surface area contributed by atoms with Gasteiger partial charge in [-0.15, -0.1) is 0 Å². The summed E-state index contributed by atoms with van der Waals surface area (Å²) in [6.45, 7) is 1.55. The van der Waals surface area contributed by atoms with Crippen molar-refractivity contribution in [3.05, 3.63) is 65.2 Å². The number of halogens is 3. The highest BCUT2D eigenvalue weighted by atomic mass is 19.4. The molecular weight excluding hydrogens is 303 g/mol. The van der Waals surface area contributed by atoms with Gasteiger partial charge in [-0.1, -0.05) is 30.3 Å². The fourth-order valence-electron chi connectivity index (χ4n) is 2.87. The Hall–Kier alpha value is -2.01. The summed E-state index contributed by atoms with van der Waals surface area (Å²) >= 11 is 0. The van der Waals surface area contributed by atoms with Crippen molar-refractivity contribution < 1.29 is 17.9 Å². The smallest absolute Gasteiger partial charge is 0.416 e. The third-order valence-electron chi connectivity index (χ3n) is 4.08. The van der Waals surface area contributed by atoms with Crippen LogP contribution < -0.4 is 4.74 Å². The van der Waals surface area contributed by atoms with Crippen LogP contribution in [0, 0.1) is 0 Å². The van der Waals surface area contributed by atoms with Crippen molar-refractivity contribution >= 4 is 0 Å². The Balaban J connectivity index is 1.90. The first-order chi connectivity index (χ1) is 10.9. The Morgan fingerprint density at radius 1 is 1.09 bits per heavy atom. The predicted molar refractivity (Wildman–Crippen MR) is 82.5 cm³/mol. The Morgan fingerprint density at radius 2 is 1.87 bits per heavy atom. The van der Waals surface area contributed by atoms with Crippen LogP contribution in [-0.2, 0) is 12.6 Å². The van der Waals surface area contributed by atoms with Gasteiger partial charge in [0.2, 0.25) is 0 Å². The Labute approximate surface area is 133 Å². The highest BCUT2D eigenvalue weighted by Gasteiger charge is 2.31. The number of alkyl halides is 3. The zero-order valence-corrected chi connectivity index (χ0v) is 12.8. The Bertz CT molecular complexity index is 684. The number of likely N-dealkylation sites (N-methyl/N-ethyl adjacent to an activating group) is 1. The summed E-state index contributed by atoms with van der Waals surface area (Å²) in [6, 6.07) is 13.0. The molecule has 3 rings (SSSR count). The summed E-state index contributed by atoms with van der Waals surface area (Å²) in [5.41, 5.74) is 1.55. The maximum Gasteiger partial charge on any atom is 0.416 e. The van der Waals surface area contributed by atoms with Crippen LogP contribution in [0.15, 0.2) is 48.5 Å². The molecule has 23 heavy (non-hydrogen) atoms. The molecule has 0 saturated heterocycles. The van der Waals surface area contributed by atoms with Crippen molar-refractivity contribution in [1.29, 1.82) is 0 Å². The van der Waals surface area contributed by atoms with Crippen LogP contribution in [0.3, 0.4) is 0 Å². The quantitative estimate of drug-likeness (QED) is 0.817. The molecule has 0 spiro atoms. The standard InChI is InChI=1S/C18H18F3NO/c1-22-10-9-13-5-2-3-8-16(13)17(12-22)23-15-7-4-6-14(11-15)18(19,20)21/h2-8,11,17H,9-10,12H2,1H3. The second-order valence-corrected chi connectivity index (χ2v) is 5.84. The summed E-state index contributed by atoms with van der Waals surface area (Å²) in [5.74, 6) is 0.245. The minimum atomic E-state index is -4.36. The van der Waals surface area contributed by atoms with Crippen LogP contribution in [0.4, 0.5) is 13.2 Å². The van der Waals surface area contributed by atoms with Gasteiger partial charge in [-0.25, -0.2) is 0 Å². The molecule has 2 aromatic carbocycles. The zero-order chi connectivity index (χ0) is 16.4. The molecular formula is C18H18F3NO. The Kier molecular flexibility index (Phi) is 4.31. The van der Waals surface area contributed by atoms with Gasteiger partial charge in [-0.3, -0.25) is 0 Å². The molecule has 0 aliphatic carbocycles. The van der Waals surface area contributed by atoms with E-state index in [9.17, 15) is 13.2 Å². The largest absolute Gasteiger partial charge is 0.484 e. The average Bonchev–Trinajstić information content (AvgIpc) is 2.67. The van der Waals surface area contributed by atoms with E-state index < -0.39 is 11.7 Å². The first-order valence-electron chi connectivity index (χ1n) is 7.54. The lowest BCUT2D eigenvalue weighted by Crippen LogP contribution is -2.26. The van der Waals surface area contributed by atoms with E-state index in [-0.39, 0.29) is 11.9 Å². The highest BCUT2D eigenvalue weighted by Crippen LogP contribution is 2.33. The second-order valence-electron chi connectivity index (χ2n) is 5.84. The summed E-state index contributed by atoms with van der Waals surface area (Å²) in [4.78, 5) is 2.14. The third-order valence-corrected chi connectivity index (χ3v) is 4.08. The molecule has 1 unspecified atom stereocenters. The molecule has 2 aromatic rings. The fraction of sp³-hybridized carbons (Fsp3) is 0.333. The highest BCUT2D eigenvalue weighted by molar-refractivity contribution is 5.34. The average molecular weight is 321 g/mol. The number of hydrogen-bond acceptors (Lipinski definition) is 2. The summed E-state index contributed by atoms with van der Waals surface area (Å²) < 4.78 is 44.5. The Morgan fingerprint density at radius 3 is 2.65 bits per heavy atom. The molecule has 0 bridgehead atoms. The normalized spacial score (nSPS) is 19.0. The number of nitrogens with zero attached hydrogens (tertiary/aromatic N) is 1. The first-order valence-corrected chi connectivity index (χ1v) is 7.54. The van der Waals surface area contributed by atoms with Crippen molar-refractivity contribution in [3.63, 3.8) is 0 Å². The molecule has 122 valence electrons. The minimum absolute atomic E-state index is 0.245. The van der Waals surface area contributed by atoms with E-state index in [1.165, 1.54) is 11.6 Å². The van der Waals surface area contributed by atoms with Gasteiger partial charge in [0.25, 0.3) is 0 Å². The van der Waals surface area contributed by atoms with Crippen molar-refractivity contribution in [2.75, 3.05) is 20.1 Å². The molecule has 0 aromatic heterocycles. The molecule has 0 radical (unpaired) electrons. The maximum absolute atomic E-state index is 12.8. The van der Waals surface area contributed by atoms with E-state index in [0.717, 1.165) is 30.7 Å². The van der Waals surface area contributed by atoms with Crippen LogP contribution in [0.2, 0.25) is 0 Å². The number of benzene rings is 2. The second kappa shape index (κ2) is 6.24. The maximum atomic E-state index is 12.8. The molecule has 0 saturated carbocycles. The van der Waals surface area contributed by atoms with Crippen LogP contribution >= 0.6 is 0 Å². The van der Waals surface area contributed by atoms with Gasteiger partial charge in [-0.05, 0) is 42.8 Å². The number of rotatable bonds is 2. The van der Waals surface area contributed by atoms with Gasteiger partial charge in [0.1, 0.15) is 11.9 Å². The monoisotopic (exact) mass is 321 g/mol. The van der Waals surface area contributed by atoms with Crippen molar-refractivity contribution in [1.82, 2.24) is 4.90 Å². The lowest BCUT2D eigenvalue weighted by atomic mass is 10.0. The van der Waals surface area contributed by atoms with E-state index in [0.29, 0.717) is 6.54 Å². The number of ether oxygens (including phenoxy) is 1. The molecule has 0 amide bonds. The molecule has 0 fully saturated rings. The van der Waals surface area contributed by atoms with E-state index in [1.54, 1.807) is 6.07 Å². The zero-order valence-electron chi connectivity index (χ0n) is 12.8. The van der Waals surface area contributed by atoms with Gasteiger partial charge in [0.15, 0.2) is 0 Å². The third kappa shape index (κ3) is 3.67. The van der Waals surface area contributed by atoms with Gasteiger partial charge in [0.05, 0.1) is 5.56 Å². The van der Waals surface area contributed by atoms with Crippen LogP contribution in [0.1, 0.15) is 22.8 Å². The summed E-state index contributed by atoms with van der Waals surface area (Å²) in [5, 5.41) is 0. The van der Waals surface area contributed by atoms with Gasteiger partial charge >= 0.3 is 6.18 Å². The molecule has 0 N–H and O–H groups in total. The van der Waals surface area contributed by atoms with Crippen molar-refractivity contribution in [2.24, 2.45) is 0 Å². The predicted octanol–water partition coefficient (Wildman–Crippen LogP) is 4.31. The van der Waals surface area contributed by atoms with Crippen molar-refractivity contribution in [2.45, 2.75) is 18.7 Å². The van der Waals surface area contributed by atoms with E-state index in [1.807, 2.05) is 25.2 Å². The van der Waals surface area contributed by atoms with Crippen molar-refractivity contribution in [3.8, 4) is 5.75 Å². The minimum Gasteiger partial charge on any atom is -0.484 e.